The fraction of sp³-hybridized carbons (Fsp3) is 0. The first-order valence-corrected chi connectivity index (χ1v) is 8.43. The van der Waals surface area contributed by atoms with Crippen molar-refractivity contribution in [3.05, 3.63) is 48.2 Å². The van der Waals surface area contributed by atoms with Crippen molar-refractivity contribution in [2.24, 2.45) is 0 Å². The second-order valence-corrected chi connectivity index (χ2v) is 7.09. The standard InChI is InChI=1S/C14H6Br4O2/c1-2-19-13-4-3-9(7-10(13)16)20-14-11(17)5-8(15)6-12(14)18/h1,3-7H. The molecule has 0 bridgehead atoms. The number of halogens is 4. The normalized spacial score (nSPS) is 9.95. The Kier molecular flexibility index (Phi) is 5.56. The van der Waals surface area contributed by atoms with E-state index in [2.05, 4.69) is 69.8 Å². The van der Waals surface area contributed by atoms with E-state index in [1.807, 2.05) is 12.1 Å². The highest BCUT2D eigenvalue weighted by Crippen LogP contribution is 2.40. The lowest BCUT2D eigenvalue weighted by molar-refractivity contribution is 0.471. The summed E-state index contributed by atoms with van der Waals surface area (Å²) in [6.07, 6.45) is 7.23. The lowest BCUT2D eigenvalue weighted by Gasteiger charge is -2.11. The first-order chi connectivity index (χ1) is 9.51. The topological polar surface area (TPSA) is 18.5 Å². The lowest BCUT2D eigenvalue weighted by atomic mass is 10.3. The molecule has 0 aliphatic carbocycles. The summed E-state index contributed by atoms with van der Waals surface area (Å²) in [6, 6.07) is 9.11. The van der Waals surface area contributed by atoms with Crippen molar-refractivity contribution in [1.29, 1.82) is 0 Å². The largest absolute Gasteiger partial charge is 0.455 e. The zero-order valence-corrected chi connectivity index (χ0v) is 16.1. The zero-order valence-electron chi connectivity index (χ0n) is 9.79. The van der Waals surface area contributed by atoms with E-state index in [1.165, 1.54) is 0 Å². The van der Waals surface area contributed by atoms with Crippen molar-refractivity contribution in [2.75, 3.05) is 0 Å². The minimum Gasteiger partial charge on any atom is -0.455 e. The predicted octanol–water partition coefficient (Wildman–Crippen LogP) is 6.50. The van der Waals surface area contributed by atoms with Crippen molar-refractivity contribution >= 4 is 63.7 Å². The molecule has 0 heterocycles. The summed E-state index contributed by atoms with van der Waals surface area (Å²) in [4.78, 5) is 0. The number of terminal acetylenes is 1. The Hall–Kier alpha value is -0.480. The molecule has 0 N–H and O–H groups in total. The Bertz CT molecular complexity index is 669. The molecule has 0 saturated carbocycles. The minimum absolute atomic E-state index is 0.564. The molecule has 2 aromatic rings. The molecular formula is C14H6Br4O2. The van der Waals surface area contributed by atoms with Gasteiger partial charge in [-0.25, -0.2) is 0 Å². The second-order valence-electron chi connectivity index (χ2n) is 3.61. The van der Waals surface area contributed by atoms with Gasteiger partial charge in [-0.2, -0.15) is 0 Å². The molecule has 0 aliphatic rings. The zero-order chi connectivity index (χ0) is 14.7. The molecule has 0 atom stereocenters. The van der Waals surface area contributed by atoms with E-state index in [9.17, 15) is 0 Å². The van der Waals surface area contributed by atoms with Crippen molar-refractivity contribution in [2.45, 2.75) is 0 Å². The molecule has 6 heteroatoms. The van der Waals surface area contributed by atoms with Crippen LogP contribution in [-0.4, -0.2) is 0 Å². The third-order valence-electron chi connectivity index (χ3n) is 2.26. The van der Waals surface area contributed by atoms with Crippen LogP contribution in [0.15, 0.2) is 48.2 Å². The highest BCUT2D eigenvalue weighted by atomic mass is 79.9. The molecule has 0 saturated heterocycles. The van der Waals surface area contributed by atoms with E-state index >= 15 is 0 Å². The number of hydrogen-bond donors (Lipinski definition) is 0. The summed E-state index contributed by atoms with van der Waals surface area (Å²) in [5.41, 5.74) is 0. The summed E-state index contributed by atoms with van der Waals surface area (Å²) in [7, 11) is 0. The van der Waals surface area contributed by atoms with Crippen LogP contribution in [0, 0.1) is 12.5 Å². The van der Waals surface area contributed by atoms with E-state index in [4.69, 9.17) is 15.9 Å². The van der Waals surface area contributed by atoms with Crippen LogP contribution in [0.2, 0.25) is 0 Å². The van der Waals surface area contributed by atoms with Gasteiger partial charge in [-0.1, -0.05) is 22.4 Å². The van der Waals surface area contributed by atoms with Crippen LogP contribution in [0.5, 0.6) is 17.2 Å². The molecule has 0 fully saturated rings. The Labute approximate surface area is 150 Å². The first kappa shape index (κ1) is 15.9. The molecule has 20 heavy (non-hydrogen) atoms. The maximum absolute atomic E-state index is 5.86. The van der Waals surface area contributed by atoms with Gasteiger partial charge in [0.25, 0.3) is 0 Å². The molecule has 0 aromatic heterocycles. The fourth-order valence-electron chi connectivity index (χ4n) is 1.44. The Balaban J connectivity index is 2.32. The van der Waals surface area contributed by atoms with Gasteiger partial charge in [0.2, 0.25) is 0 Å². The fourth-order valence-corrected chi connectivity index (χ4v) is 4.29. The van der Waals surface area contributed by atoms with E-state index in [0.717, 1.165) is 17.9 Å². The Morgan fingerprint density at radius 1 is 0.900 bits per heavy atom. The van der Waals surface area contributed by atoms with Crippen LogP contribution < -0.4 is 9.47 Å². The SMILES string of the molecule is C#COc1ccc(Oc2c(Br)cc(Br)cc2Br)cc1Br. The molecule has 0 aliphatic heterocycles. The highest BCUT2D eigenvalue weighted by Gasteiger charge is 2.11. The number of benzene rings is 2. The number of hydrogen-bond acceptors (Lipinski definition) is 2. The van der Waals surface area contributed by atoms with Crippen LogP contribution in [0.1, 0.15) is 0 Å². The summed E-state index contributed by atoms with van der Waals surface area (Å²) in [5.74, 6) is 1.91. The first-order valence-electron chi connectivity index (χ1n) is 5.25. The van der Waals surface area contributed by atoms with E-state index in [-0.39, 0.29) is 0 Å². The Morgan fingerprint density at radius 3 is 2.10 bits per heavy atom. The summed E-state index contributed by atoms with van der Waals surface area (Å²) in [6.45, 7) is 0. The van der Waals surface area contributed by atoms with Gasteiger partial charge in [-0.05, 0) is 78.1 Å². The average molecular weight is 526 g/mol. The molecule has 0 unspecified atom stereocenters. The summed E-state index contributed by atoms with van der Waals surface area (Å²) in [5, 5.41) is 0. The summed E-state index contributed by atoms with van der Waals surface area (Å²) >= 11 is 13.7. The van der Waals surface area contributed by atoms with Gasteiger partial charge in [-0.15, -0.1) is 0 Å². The molecule has 0 radical (unpaired) electrons. The van der Waals surface area contributed by atoms with Gasteiger partial charge in [0.05, 0.1) is 13.4 Å². The number of rotatable bonds is 3. The van der Waals surface area contributed by atoms with Gasteiger partial charge < -0.3 is 9.47 Å². The molecule has 2 rings (SSSR count). The average Bonchev–Trinajstić information content (AvgIpc) is 2.37. The third-order valence-corrected chi connectivity index (χ3v) is 4.51. The predicted molar refractivity (Wildman–Crippen MR) is 93.2 cm³/mol. The molecule has 2 nitrogen and oxygen atoms in total. The van der Waals surface area contributed by atoms with Gasteiger partial charge >= 0.3 is 0 Å². The van der Waals surface area contributed by atoms with Crippen LogP contribution in [0.4, 0.5) is 0 Å². The summed E-state index contributed by atoms with van der Waals surface area (Å²) < 4.78 is 14.2. The van der Waals surface area contributed by atoms with Crippen molar-refractivity contribution in [3.8, 4) is 29.8 Å². The Morgan fingerprint density at radius 2 is 1.55 bits per heavy atom. The molecule has 0 spiro atoms. The maximum Gasteiger partial charge on any atom is 0.155 e. The van der Waals surface area contributed by atoms with Crippen molar-refractivity contribution in [1.82, 2.24) is 0 Å². The molecular weight excluding hydrogens is 520 g/mol. The molecule has 0 amide bonds. The third kappa shape index (κ3) is 3.79. The second kappa shape index (κ2) is 6.99. The highest BCUT2D eigenvalue weighted by molar-refractivity contribution is 9.11. The quantitative estimate of drug-likeness (QED) is 0.426. The maximum atomic E-state index is 5.86. The van der Waals surface area contributed by atoms with Gasteiger partial charge in [-0.3, -0.25) is 0 Å². The van der Waals surface area contributed by atoms with Crippen LogP contribution in [-0.2, 0) is 0 Å². The van der Waals surface area contributed by atoms with Gasteiger partial charge in [0.15, 0.2) is 11.5 Å². The molecule has 2 aromatic carbocycles. The smallest absolute Gasteiger partial charge is 0.155 e. The minimum atomic E-state index is 0.564. The molecule has 102 valence electrons. The van der Waals surface area contributed by atoms with E-state index in [1.54, 1.807) is 18.2 Å². The van der Waals surface area contributed by atoms with Crippen LogP contribution in [0.3, 0.4) is 0 Å². The van der Waals surface area contributed by atoms with Crippen LogP contribution in [0.25, 0.3) is 0 Å². The van der Waals surface area contributed by atoms with Gasteiger partial charge in [0, 0.05) is 4.47 Å². The number of ether oxygens (including phenoxy) is 2. The van der Waals surface area contributed by atoms with E-state index in [0.29, 0.717) is 17.2 Å². The lowest BCUT2D eigenvalue weighted by Crippen LogP contribution is -1.89. The van der Waals surface area contributed by atoms with Crippen molar-refractivity contribution < 1.29 is 9.47 Å². The van der Waals surface area contributed by atoms with Crippen molar-refractivity contribution in [3.63, 3.8) is 0 Å². The monoisotopic (exact) mass is 522 g/mol. The van der Waals surface area contributed by atoms with Crippen LogP contribution >= 0.6 is 63.7 Å². The van der Waals surface area contributed by atoms with Gasteiger partial charge in [0.1, 0.15) is 11.9 Å². The van der Waals surface area contributed by atoms with E-state index < -0.39 is 0 Å².